The zero-order valence-electron chi connectivity index (χ0n) is 12.4. The summed E-state index contributed by atoms with van der Waals surface area (Å²) in [5.41, 5.74) is 0.150. The third-order valence-corrected chi connectivity index (χ3v) is 5.62. The van der Waals surface area contributed by atoms with Crippen molar-refractivity contribution in [3.8, 4) is 0 Å². The molecule has 2 aliphatic carbocycles. The Morgan fingerprint density at radius 3 is 2.10 bits per heavy atom. The Balaban J connectivity index is 1.90. The third-order valence-electron chi connectivity index (χ3n) is 5.62. The van der Waals surface area contributed by atoms with Crippen LogP contribution in [0.2, 0.25) is 0 Å². The first-order valence-electron chi connectivity index (χ1n) is 7.64. The Hall–Kier alpha value is -0.360. The van der Waals surface area contributed by atoms with Gasteiger partial charge < -0.3 is 9.47 Å². The zero-order valence-corrected chi connectivity index (χ0v) is 12.4. The van der Waals surface area contributed by atoms with Gasteiger partial charge in [-0.3, -0.25) is 0 Å². The molecule has 122 valence electrons. The zero-order chi connectivity index (χ0) is 15.5. The molecule has 0 radical (unpaired) electrons. The van der Waals surface area contributed by atoms with Gasteiger partial charge in [-0.2, -0.15) is 17.6 Å². The molecule has 3 aliphatic rings. The van der Waals surface area contributed by atoms with Gasteiger partial charge in [0.2, 0.25) is 0 Å². The fourth-order valence-corrected chi connectivity index (χ4v) is 4.57. The molecule has 1 saturated heterocycles. The first-order chi connectivity index (χ1) is 9.60. The molecule has 3 atom stereocenters. The van der Waals surface area contributed by atoms with Crippen LogP contribution < -0.4 is 0 Å². The van der Waals surface area contributed by atoms with Crippen LogP contribution >= 0.6 is 0 Å². The molecule has 2 saturated carbocycles. The van der Waals surface area contributed by atoms with E-state index in [9.17, 15) is 17.6 Å². The van der Waals surface area contributed by atoms with Crippen molar-refractivity contribution >= 4 is 0 Å². The molecule has 3 unspecified atom stereocenters. The summed E-state index contributed by atoms with van der Waals surface area (Å²) in [6, 6.07) is 0. The van der Waals surface area contributed by atoms with Gasteiger partial charge in [0, 0.05) is 11.8 Å². The van der Waals surface area contributed by atoms with E-state index < -0.39 is 30.8 Å². The highest BCUT2D eigenvalue weighted by Crippen LogP contribution is 2.58. The van der Waals surface area contributed by atoms with E-state index in [1.165, 1.54) is 0 Å². The lowest BCUT2D eigenvalue weighted by Crippen LogP contribution is -2.56. The van der Waals surface area contributed by atoms with E-state index in [2.05, 4.69) is 6.92 Å². The summed E-state index contributed by atoms with van der Waals surface area (Å²) in [7, 11) is 0. The number of fused-ring (bicyclic) bond motifs is 3. The van der Waals surface area contributed by atoms with Crippen LogP contribution in [0.5, 0.6) is 0 Å². The van der Waals surface area contributed by atoms with Crippen LogP contribution in [0.25, 0.3) is 0 Å². The average molecular weight is 310 g/mol. The highest BCUT2D eigenvalue weighted by atomic mass is 19.3. The molecule has 3 rings (SSSR count). The van der Waals surface area contributed by atoms with Crippen LogP contribution in [-0.4, -0.2) is 30.8 Å². The molecule has 6 heteroatoms. The van der Waals surface area contributed by atoms with E-state index in [0.717, 1.165) is 32.1 Å². The highest BCUT2D eigenvalue weighted by Gasteiger charge is 2.64. The summed E-state index contributed by atoms with van der Waals surface area (Å²) < 4.78 is 64.9. The minimum absolute atomic E-state index is 0.0790. The number of ether oxygens (including phenoxy) is 2. The van der Waals surface area contributed by atoms with Crippen LogP contribution in [-0.2, 0) is 9.47 Å². The van der Waals surface area contributed by atoms with Crippen LogP contribution in [0.4, 0.5) is 17.6 Å². The fourth-order valence-electron chi connectivity index (χ4n) is 4.57. The molecule has 0 aromatic heterocycles. The minimum atomic E-state index is -4.17. The van der Waals surface area contributed by atoms with E-state index in [4.69, 9.17) is 9.47 Å². The molecule has 0 aromatic rings. The number of alkyl halides is 4. The molecule has 2 nitrogen and oxygen atoms in total. The summed E-state index contributed by atoms with van der Waals surface area (Å²) in [6.45, 7) is 1.52. The standard InChI is InChI=1S/C15H22F4O2/c1-10-6-12(2)5-3-4-11(7-12)15(10)20-8-13(16,17)14(18,19)9-21-15/h10-11H,3-9H2,1-2H3. The van der Waals surface area contributed by atoms with Crippen LogP contribution in [0, 0.1) is 17.3 Å². The predicted molar refractivity (Wildman–Crippen MR) is 68.4 cm³/mol. The van der Waals surface area contributed by atoms with E-state index in [1.807, 2.05) is 6.92 Å². The van der Waals surface area contributed by atoms with Crippen molar-refractivity contribution in [1.82, 2.24) is 0 Å². The topological polar surface area (TPSA) is 18.5 Å². The molecule has 1 aliphatic heterocycles. The lowest BCUT2D eigenvalue weighted by Gasteiger charge is -2.55. The first kappa shape index (κ1) is 15.5. The van der Waals surface area contributed by atoms with Crippen molar-refractivity contribution in [1.29, 1.82) is 0 Å². The largest absolute Gasteiger partial charge is 0.343 e. The van der Waals surface area contributed by atoms with Crippen molar-refractivity contribution in [3.63, 3.8) is 0 Å². The van der Waals surface area contributed by atoms with Gasteiger partial charge in [0.05, 0.1) is 0 Å². The molecule has 0 aromatic carbocycles. The molecular formula is C15H22F4O2. The second-order valence-electron chi connectivity index (χ2n) is 7.42. The van der Waals surface area contributed by atoms with E-state index in [-0.39, 0.29) is 17.3 Å². The molecule has 0 N–H and O–H groups in total. The molecular weight excluding hydrogens is 288 g/mol. The van der Waals surface area contributed by atoms with Gasteiger partial charge in [0.1, 0.15) is 13.2 Å². The molecule has 1 heterocycles. The normalized spacial score (nSPS) is 44.3. The average Bonchev–Trinajstić information content (AvgIpc) is 2.45. The van der Waals surface area contributed by atoms with Gasteiger partial charge in [0.15, 0.2) is 5.79 Å². The van der Waals surface area contributed by atoms with Crippen molar-refractivity contribution in [2.45, 2.75) is 63.6 Å². The molecule has 21 heavy (non-hydrogen) atoms. The van der Waals surface area contributed by atoms with E-state index in [0.29, 0.717) is 0 Å². The Kier molecular flexibility index (Phi) is 3.38. The Bertz CT molecular complexity index is 404. The van der Waals surface area contributed by atoms with Crippen LogP contribution in [0.1, 0.15) is 46.0 Å². The van der Waals surface area contributed by atoms with Crippen LogP contribution in [0.3, 0.4) is 0 Å². The van der Waals surface area contributed by atoms with Crippen molar-refractivity contribution in [3.05, 3.63) is 0 Å². The maximum Gasteiger partial charge on any atom is 0.335 e. The fraction of sp³-hybridized carbons (Fsp3) is 1.00. The molecule has 1 spiro atoms. The molecule has 3 fully saturated rings. The Labute approximate surface area is 122 Å². The monoisotopic (exact) mass is 310 g/mol. The smallest absolute Gasteiger partial charge is 0.335 e. The van der Waals surface area contributed by atoms with E-state index >= 15 is 0 Å². The lowest BCUT2D eigenvalue weighted by atomic mass is 9.57. The molecule has 0 amide bonds. The third kappa shape index (κ3) is 2.29. The van der Waals surface area contributed by atoms with Crippen molar-refractivity contribution < 1.29 is 27.0 Å². The summed E-state index contributed by atoms with van der Waals surface area (Å²) in [5.74, 6) is -9.86. The maximum absolute atomic E-state index is 13.5. The van der Waals surface area contributed by atoms with Gasteiger partial charge in [0.25, 0.3) is 0 Å². The van der Waals surface area contributed by atoms with Crippen molar-refractivity contribution in [2.24, 2.45) is 17.3 Å². The minimum Gasteiger partial charge on any atom is -0.343 e. The van der Waals surface area contributed by atoms with Gasteiger partial charge in [-0.05, 0) is 31.1 Å². The summed E-state index contributed by atoms with van der Waals surface area (Å²) in [5, 5.41) is 0. The number of rotatable bonds is 0. The highest BCUT2D eigenvalue weighted by molar-refractivity contribution is 5.02. The predicted octanol–water partition coefficient (Wildman–Crippen LogP) is 4.24. The summed E-state index contributed by atoms with van der Waals surface area (Å²) >= 11 is 0. The quantitative estimate of drug-likeness (QED) is 0.623. The number of hydrogen-bond donors (Lipinski definition) is 0. The number of halogens is 4. The van der Waals surface area contributed by atoms with Crippen LogP contribution in [0.15, 0.2) is 0 Å². The van der Waals surface area contributed by atoms with Gasteiger partial charge >= 0.3 is 11.8 Å². The maximum atomic E-state index is 13.5. The Morgan fingerprint density at radius 2 is 1.52 bits per heavy atom. The first-order valence-corrected chi connectivity index (χ1v) is 7.64. The summed E-state index contributed by atoms with van der Waals surface area (Å²) in [4.78, 5) is 0. The SMILES string of the molecule is CC1CC2(C)CCCC(C2)C12OCC(F)(F)C(F)(F)CO2. The van der Waals surface area contributed by atoms with Gasteiger partial charge in [-0.1, -0.05) is 20.3 Å². The van der Waals surface area contributed by atoms with Gasteiger partial charge in [-0.15, -0.1) is 0 Å². The summed E-state index contributed by atoms with van der Waals surface area (Å²) in [6.07, 6.45) is 4.41. The second-order valence-corrected chi connectivity index (χ2v) is 7.42. The lowest BCUT2D eigenvalue weighted by molar-refractivity contribution is -0.320. The van der Waals surface area contributed by atoms with E-state index in [1.54, 1.807) is 0 Å². The Morgan fingerprint density at radius 1 is 0.952 bits per heavy atom. The van der Waals surface area contributed by atoms with Gasteiger partial charge in [-0.25, -0.2) is 0 Å². The molecule has 2 bridgehead atoms. The second kappa shape index (κ2) is 4.57. The number of hydrogen-bond acceptors (Lipinski definition) is 2. The van der Waals surface area contributed by atoms with Crippen molar-refractivity contribution in [2.75, 3.05) is 13.2 Å².